The number of nitrogens with zero attached hydrogens (tertiary/aromatic N) is 2. The van der Waals surface area contributed by atoms with Crippen molar-refractivity contribution in [2.24, 2.45) is 0 Å². The Morgan fingerprint density at radius 2 is 1.75 bits per heavy atom. The molecule has 20 heavy (non-hydrogen) atoms. The number of likely N-dealkylation sites (N-methyl/N-ethyl adjacent to an activating group) is 1. The average Bonchev–Trinajstić information content (AvgIpc) is 2.48. The van der Waals surface area contributed by atoms with Crippen molar-refractivity contribution in [1.82, 2.24) is 9.88 Å². The van der Waals surface area contributed by atoms with Crippen molar-refractivity contribution in [3.8, 4) is 0 Å². The maximum atomic E-state index is 5.86. The molecule has 1 aromatic carbocycles. The molecule has 0 fully saturated rings. The van der Waals surface area contributed by atoms with E-state index < -0.39 is 0 Å². The number of halogens is 1. The summed E-state index contributed by atoms with van der Waals surface area (Å²) in [5.74, 6) is 0. The third kappa shape index (κ3) is 5.19. The Kier molecular flexibility index (Phi) is 5.84. The van der Waals surface area contributed by atoms with Gasteiger partial charge in [-0.3, -0.25) is 4.98 Å². The van der Waals surface area contributed by atoms with E-state index in [9.17, 15) is 0 Å². The maximum absolute atomic E-state index is 5.86. The number of rotatable bonds is 7. The SMILES string of the molecule is CN(CCNc1ccc(Cl)cc1)CCc1ccncc1. The number of pyridine rings is 1. The predicted octanol–water partition coefficient (Wildman–Crippen LogP) is 3.32. The van der Waals surface area contributed by atoms with Crippen molar-refractivity contribution >= 4 is 17.3 Å². The molecular formula is C16H20ClN3. The molecule has 1 heterocycles. The molecule has 0 spiro atoms. The zero-order chi connectivity index (χ0) is 14.2. The van der Waals surface area contributed by atoms with E-state index in [2.05, 4.69) is 34.4 Å². The van der Waals surface area contributed by atoms with Crippen LogP contribution in [0.25, 0.3) is 0 Å². The van der Waals surface area contributed by atoms with Gasteiger partial charge in [-0.1, -0.05) is 11.6 Å². The van der Waals surface area contributed by atoms with Crippen LogP contribution in [0.5, 0.6) is 0 Å². The molecule has 1 N–H and O–H groups in total. The van der Waals surface area contributed by atoms with E-state index in [1.165, 1.54) is 5.56 Å². The molecule has 3 nitrogen and oxygen atoms in total. The number of hydrogen-bond acceptors (Lipinski definition) is 3. The minimum Gasteiger partial charge on any atom is -0.384 e. The average molecular weight is 290 g/mol. The fourth-order valence-corrected chi connectivity index (χ4v) is 2.07. The van der Waals surface area contributed by atoms with Crippen LogP contribution in [0.15, 0.2) is 48.8 Å². The second kappa shape index (κ2) is 7.88. The minimum absolute atomic E-state index is 0.769. The summed E-state index contributed by atoms with van der Waals surface area (Å²) in [7, 11) is 2.14. The molecule has 1 aromatic heterocycles. The molecule has 0 atom stereocenters. The molecular weight excluding hydrogens is 270 g/mol. The van der Waals surface area contributed by atoms with Gasteiger partial charge in [0.25, 0.3) is 0 Å². The molecule has 0 radical (unpaired) electrons. The van der Waals surface area contributed by atoms with Gasteiger partial charge in [0.1, 0.15) is 0 Å². The van der Waals surface area contributed by atoms with E-state index in [0.29, 0.717) is 0 Å². The standard InChI is InChI=1S/C16H20ClN3/c1-20(12-8-14-6-9-18-10-7-14)13-11-19-16-4-2-15(17)3-5-16/h2-7,9-10,19H,8,11-13H2,1H3. The number of benzene rings is 1. The molecule has 106 valence electrons. The Balaban J connectivity index is 1.65. The van der Waals surface area contributed by atoms with Gasteiger partial charge in [0.15, 0.2) is 0 Å². The summed E-state index contributed by atoms with van der Waals surface area (Å²) in [5, 5.41) is 4.16. The normalized spacial score (nSPS) is 10.8. The summed E-state index contributed by atoms with van der Waals surface area (Å²) in [6, 6.07) is 11.9. The highest BCUT2D eigenvalue weighted by atomic mass is 35.5. The van der Waals surface area contributed by atoms with Gasteiger partial charge in [-0.05, 0) is 55.4 Å². The van der Waals surface area contributed by atoms with Gasteiger partial charge in [-0.25, -0.2) is 0 Å². The van der Waals surface area contributed by atoms with Crippen LogP contribution < -0.4 is 5.32 Å². The molecule has 2 rings (SSSR count). The highest BCUT2D eigenvalue weighted by molar-refractivity contribution is 6.30. The highest BCUT2D eigenvalue weighted by Crippen LogP contribution is 2.12. The first-order valence-electron chi connectivity index (χ1n) is 6.81. The van der Waals surface area contributed by atoms with Gasteiger partial charge in [0, 0.05) is 42.7 Å². The summed E-state index contributed by atoms with van der Waals surface area (Å²) in [6.07, 6.45) is 4.74. The zero-order valence-corrected chi connectivity index (χ0v) is 12.5. The van der Waals surface area contributed by atoms with Crippen LogP contribution in [0.4, 0.5) is 5.69 Å². The second-order valence-corrected chi connectivity index (χ2v) is 5.28. The minimum atomic E-state index is 0.769. The van der Waals surface area contributed by atoms with Crippen LogP contribution in [0, 0.1) is 0 Å². The fraction of sp³-hybridized carbons (Fsp3) is 0.312. The maximum Gasteiger partial charge on any atom is 0.0407 e. The lowest BCUT2D eigenvalue weighted by Gasteiger charge is -2.17. The third-order valence-corrected chi connectivity index (χ3v) is 3.45. The van der Waals surface area contributed by atoms with Crippen molar-refractivity contribution < 1.29 is 0 Å². The van der Waals surface area contributed by atoms with Crippen molar-refractivity contribution in [3.63, 3.8) is 0 Å². The quantitative estimate of drug-likeness (QED) is 0.847. The lowest BCUT2D eigenvalue weighted by Crippen LogP contribution is -2.27. The van der Waals surface area contributed by atoms with E-state index in [4.69, 9.17) is 11.6 Å². The van der Waals surface area contributed by atoms with E-state index >= 15 is 0 Å². The number of anilines is 1. The Labute approximate surface area is 125 Å². The lowest BCUT2D eigenvalue weighted by molar-refractivity contribution is 0.351. The highest BCUT2D eigenvalue weighted by Gasteiger charge is 1.99. The predicted molar refractivity (Wildman–Crippen MR) is 85.4 cm³/mol. The second-order valence-electron chi connectivity index (χ2n) is 4.84. The summed E-state index contributed by atoms with van der Waals surface area (Å²) in [5.41, 5.74) is 2.44. The molecule has 4 heteroatoms. The Morgan fingerprint density at radius 3 is 2.45 bits per heavy atom. The topological polar surface area (TPSA) is 28.2 Å². The molecule has 0 aliphatic carbocycles. The Hall–Kier alpha value is -1.58. The first kappa shape index (κ1) is 14.8. The van der Waals surface area contributed by atoms with Gasteiger partial charge >= 0.3 is 0 Å². The van der Waals surface area contributed by atoms with Crippen LogP contribution in [0.3, 0.4) is 0 Å². The first-order chi connectivity index (χ1) is 9.74. The monoisotopic (exact) mass is 289 g/mol. The van der Waals surface area contributed by atoms with Crippen LogP contribution in [0.2, 0.25) is 5.02 Å². The van der Waals surface area contributed by atoms with Crippen LogP contribution in [0.1, 0.15) is 5.56 Å². The van der Waals surface area contributed by atoms with Crippen LogP contribution >= 0.6 is 11.6 Å². The zero-order valence-electron chi connectivity index (χ0n) is 11.7. The van der Waals surface area contributed by atoms with Crippen LogP contribution in [-0.4, -0.2) is 36.6 Å². The largest absolute Gasteiger partial charge is 0.384 e. The summed E-state index contributed by atoms with van der Waals surface area (Å²) in [6.45, 7) is 2.98. The summed E-state index contributed by atoms with van der Waals surface area (Å²) >= 11 is 5.86. The van der Waals surface area contributed by atoms with Crippen molar-refractivity contribution in [3.05, 3.63) is 59.4 Å². The third-order valence-electron chi connectivity index (χ3n) is 3.20. The van der Waals surface area contributed by atoms with Gasteiger partial charge in [0.2, 0.25) is 0 Å². The molecule has 0 saturated carbocycles. The Morgan fingerprint density at radius 1 is 1.05 bits per heavy atom. The van der Waals surface area contributed by atoms with E-state index in [1.54, 1.807) is 0 Å². The molecule has 0 unspecified atom stereocenters. The molecule has 0 saturated heterocycles. The summed E-state index contributed by atoms with van der Waals surface area (Å²) in [4.78, 5) is 6.35. The van der Waals surface area contributed by atoms with Crippen molar-refractivity contribution in [1.29, 1.82) is 0 Å². The van der Waals surface area contributed by atoms with Crippen LogP contribution in [-0.2, 0) is 6.42 Å². The van der Waals surface area contributed by atoms with Gasteiger partial charge < -0.3 is 10.2 Å². The van der Waals surface area contributed by atoms with Gasteiger partial charge in [0.05, 0.1) is 0 Å². The molecule has 0 aliphatic rings. The molecule has 0 amide bonds. The van der Waals surface area contributed by atoms with E-state index in [0.717, 1.165) is 36.8 Å². The molecule has 0 aliphatic heterocycles. The first-order valence-corrected chi connectivity index (χ1v) is 7.19. The van der Waals surface area contributed by atoms with Crippen molar-refractivity contribution in [2.45, 2.75) is 6.42 Å². The Bertz CT molecular complexity index is 499. The van der Waals surface area contributed by atoms with Crippen molar-refractivity contribution in [2.75, 3.05) is 32.0 Å². The molecule has 0 bridgehead atoms. The lowest BCUT2D eigenvalue weighted by atomic mass is 10.2. The number of nitrogens with one attached hydrogen (secondary N) is 1. The van der Waals surface area contributed by atoms with Gasteiger partial charge in [-0.2, -0.15) is 0 Å². The van der Waals surface area contributed by atoms with E-state index in [-0.39, 0.29) is 0 Å². The molecule has 2 aromatic rings. The number of hydrogen-bond donors (Lipinski definition) is 1. The fourth-order valence-electron chi connectivity index (χ4n) is 1.94. The van der Waals surface area contributed by atoms with E-state index in [1.807, 2.05) is 36.7 Å². The number of aromatic nitrogens is 1. The van der Waals surface area contributed by atoms with Gasteiger partial charge in [-0.15, -0.1) is 0 Å². The smallest absolute Gasteiger partial charge is 0.0407 e. The summed E-state index contributed by atoms with van der Waals surface area (Å²) < 4.78 is 0.